The van der Waals surface area contributed by atoms with E-state index in [-0.39, 0.29) is 5.75 Å². The van der Waals surface area contributed by atoms with E-state index in [1.165, 1.54) is 6.26 Å². The Bertz CT molecular complexity index is 527. The molecule has 0 aromatic heterocycles. The second kappa shape index (κ2) is 5.36. The quantitative estimate of drug-likeness (QED) is 0.801. The van der Waals surface area contributed by atoms with Crippen LogP contribution in [0.1, 0.15) is 17.4 Å². The molecule has 0 bridgehead atoms. The highest BCUT2D eigenvalue weighted by Gasteiger charge is 2.18. The van der Waals surface area contributed by atoms with E-state index < -0.39 is 15.2 Å². The van der Waals surface area contributed by atoms with Crippen molar-refractivity contribution in [1.29, 1.82) is 0 Å². The lowest BCUT2D eigenvalue weighted by Crippen LogP contribution is -2.09. The van der Waals surface area contributed by atoms with Gasteiger partial charge in [0.1, 0.15) is 9.84 Å². The standard InChI is InChI=1S/C12H15ClO4S/c1-18(14,15)8-10(13)9-3-4-11-12(7-9)17-6-2-5-16-11/h3-4,7,10H,2,5-6,8H2,1H3. The van der Waals surface area contributed by atoms with Gasteiger partial charge in [0.2, 0.25) is 0 Å². The van der Waals surface area contributed by atoms with Gasteiger partial charge >= 0.3 is 0 Å². The molecule has 1 atom stereocenters. The number of sulfone groups is 1. The summed E-state index contributed by atoms with van der Waals surface area (Å²) in [4.78, 5) is 0. The fourth-order valence-electron chi connectivity index (χ4n) is 1.74. The minimum absolute atomic E-state index is 0.0891. The number of hydrogen-bond donors (Lipinski definition) is 0. The van der Waals surface area contributed by atoms with Crippen LogP contribution in [0, 0.1) is 0 Å². The Hall–Kier alpha value is -0.940. The lowest BCUT2D eigenvalue weighted by atomic mass is 10.1. The molecule has 2 rings (SSSR count). The highest BCUT2D eigenvalue weighted by atomic mass is 35.5. The summed E-state index contributed by atoms with van der Waals surface area (Å²) in [5, 5.41) is -0.572. The molecule has 1 heterocycles. The topological polar surface area (TPSA) is 52.6 Å². The van der Waals surface area contributed by atoms with Crippen molar-refractivity contribution in [2.45, 2.75) is 11.8 Å². The second-order valence-corrected chi connectivity index (χ2v) is 7.03. The number of hydrogen-bond acceptors (Lipinski definition) is 4. The van der Waals surface area contributed by atoms with Gasteiger partial charge in [-0.3, -0.25) is 0 Å². The van der Waals surface area contributed by atoms with Crippen LogP contribution in [0.15, 0.2) is 18.2 Å². The van der Waals surface area contributed by atoms with Crippen LogP contribution in [0.2, 0.25) is 0 Å². The molecule has 0 fully saturated rings. The van der Waals surface area contributed by atoms with Gasteiger partial charge < -0.3 is 9.47 Å². The predicted molar refractivity (Wildman–Crippen MR) is 70.4 cm³/mol. The third-order valence-electron chi connectivity index (χ3n) is 2.58. The van der Waals surface area contributed by atoms with Gasteiger partial charge in [-0.1, -0.05) is 6.07 Å². The normalized spacial score (nSPS) is 17.0. The van der Waals surface area contributed by atoms with Gasteiger partial charge in [-0.2, -0.15) is 0 Å². The van der Waals surface area contributed by atoms with Crippen molar-refractivity contribution in [3.63, 3.8) is 0 Å². The monoisotopic (exact) mass is 290 g/mol. The van der Waals surface area contributed by atoms with Crippen molar-refractivity contribution in [3.05, 3.63) is 23.8 Å². The van der Waals surface area contributed by atoms with E-state index in [1.807, 2.05) is 0 Å². The molecular formula is C12H15ClO4S. The smallest absolute Gasteiger partial charge is 0.161 e. The Morgan fingerprint density at radius 2 is 1.94 bits per heavy atom. The van der Waals surface area contributed by atoms with Gasteiger partial charge in [-0.05, 0) is 17.7 Å². The number of alkyl halides is 1. The second-order valence-electron chi connectivity index (χ2n) is 4.32. The van der Waals surface area contributed by atoms with Crippen molar-refractivity contribution in [2.75, 3.05) is 25.2 Å². The van der Waals surface area contributed by atoms with E-state index in [2.05, 4.69) is 0 Å². The Morgan fingerprint density at radius 1 is 1.28 bits per heavy atom. The molecule has 100 valence electrons. The summed E-state index contributed by atoms with van der Waals surface area (Å²) in [6.45, 7) is 1.22. The number of rotatable bonds is 3. The molecular weight excluding hydrogens is 276 g/mol. The summed E-state index contributed by atoms with van der Waals surface area (Å²) in [6.07, 6.45) is 2.00. The zero-order valence-electron chi connectivity index (χ0n) is 10.1. The Labute approximate surface area is 112 Å². The highest BCUT2D eigenvalue weighted by Crippen LogP contribution is 2.34. The maximum atomic E-state index is 11.2. The molecule has 0 amide bonds. The van der Waals surface area contributed by atoms with Crippen LogP contribution in [-0.2, 0) is 9.84 Å². The average molecular weight is 291 g/mol. The molecule has 0 radical (unpaired) electrons. The Balaban J connectivity index is 2.22. The first-order chi connectivity index (χ1) is 8.46. The average Bonchev–Trinajstić information content (AvgIpc) is 2.50. The molecule has 1 aliphatic rings. The first kappa shape index (κ1) is 13.5. The molecule has 1 aromatic rings. The summed E-state index contributed by atoms with van der Waals surface area (Å²) in [5.74, 6) is 1.22. The minimum Gasteiger partial charge on any atom is -0.490 e. The van der Waals surface area contributed by atoms with Crippen LogP contribution in [0.5, 0.6) is 11.5 Å². The molecule has 4 nitrogen and oxygen atoms in total. The van der Waals surface area contributed by atoms with Crippen molar-refractivity contribution in [2.24, 2.45) is 0 Å². The van der Waals surface area contributed by atoms with E-state index in [4.69, 9.17) is 21.1 Å². The molecule has 6 heteroatoms. The van der Waals surface area contributed by atoms with E-state index in [0.717, 1.165) is 12.0 Å². The third-order valence-corrected chi connectivity index (χ3v) is 4.11. The SMILES string of the molecule is CS(=O)(=O)CC(Cl)c1ccc2c(c1)OCCCO2. The molecule has 1 aromatic carbocycles. The lowest BCUT2D eigenvalue weighted by molar-refractivity contribution is 0.297. The van der Waals surface area contributed by atoms with Crippen LogP contribution in [0.25, 0.3) is 0 Å². The van der Waals surface area contributed by atoms with Gasteiger partial charge in [0.15, 0.2) is 11.5 Å². The molecule has 0 N–H and O–H groups in total. The number of benzene rings is 1. The number of fused-ring (bicyclic) bond motifs is 1. The van der Waals surface area contributed by atoms with Crippen LogP contribution in [0.3, 0.4) is 0 Å². The maximum Gasteiger partial charge on any atom is 0.161 e. The third kappa shape index (κ3) is 3.53. The van der Waals surface area contributed by atoms with Crippen molar-refractivity contribution < 1.29 is 17.9 Å². The molecule has 0 aliphatic carbocycles. The number of ether oxygens (including phenoxy) is 2. The van der Waals surface area contributed by atoms with E-state index in [9.17, 15) is 8.42 Å². The van der Waals surface area contributed by atoms with Gasteiger partial charge in [0.05, 0.1) is 24.3 Å². The fourth-order valence-corrected chi connectivity index (χ4v) is 3.28. The summed E-state index contributed by atoms with van der Waals surface area (Å²) in [6, 6.07) is 5.30. The summed E-state index contributed by atoms with van der Waals surface area (Å²) < 4.78 is 33.5. The van der Waals surface area contributed by atoms with E-state index in [0.29, 0.717) is 24.7 Å². The first-order valence-corrected chi connectivity index (χ1v) is 8.17. The van der Waals surface area contributed by atoms with Crippen LogP contribution in [0.4, 0.5) is 0 Å². The Kier molecular flexibility index (Phi) is 4.02. The van der Waals surface area contributed by atoms with Crippen LogP contribution >= 0.6 is 11.6 Å². The van der Waals surface area contributed by atoms with E-state index in [1.54, 1.807) is 18.2 Å². The zero-order valence-corrected chi connectivity index (χ0v) is 11.6. The molecule has 0 saturated heterocycles. The van der Waals surface area contributed by atoms with Crippen molar-refractivity contribution in [1.82, 2.24) is 0 Å². The number of halogens is 1. The lowest BCUT2D eigenvalue weighted by Gasteiger charge is -2.12. The molecule has 1 unspecified atom stereocenters. The summed E-state index contributed by atoms with van der Waals surface area (Å²) in [7, 11) is -3.10. The van der Waals surface area contributed by atoms with Gasteiger partial charge in [0.25, 0.3) is 0 Å². The Morgan fingerprint density at radius 3 is 2.61 bits per heavy atom. The predicted octanol–water partition coefficient (Wildman–Crippen LogP) is 2.17. The molecule has 0 spiro atoms. The fraction of sp³-hybridized carbons (Fsp3) is 0.500. The highest BCUT2D eigenvalue weighted by molar-refractivity contribution is 7.90. The minimum atomic E-state index is -3.10. The van der Waals surface area contributed by atoms with Gasteiger partial charge in [-0.15, -0.1) is 11.6 Å². The summed E-state index contributed by atoms with van der Waals surface area (Å²) in [5.41, 5.74) is 0.728. The summed E-state index contributed by atoms with van der Waals surface area (Å²) >= 11 is 6.10. The molecule has 0 saturated carbocycles. The van der Waals surface area contributed by atoms with Crippen molar-refractivity contribution >= 4 is 21.4 Å². The van der Waals surface area contributed by atoms with Crippen LogP contribution < -0.4 is 9.47 Å². The zero-order chi connectivity index (χ0) is 13.2. The largest absolute Gasteiger partial charge is 0.490 e. The van der Waals surface area contributed by atoms with Crippen LogP contribution in [-0.4, -0.2) is 33.6 Å². The molecule has 1 aliphatic heterocycles. The van der Waals surface area contributed by atoms with Gasteiger partial charge in [0, 0.05) is 12.7 Å². The van der Waals surface area contributed by atoms with Crippen molar-refractivity contribution in [3.8, 4) is 11.5 Å². The van der Waals surface area contributed by atoms with Gasteiger partial charge in [-0.25, -0.2) is 8.42 Å². The molecule has 18 heavy (non-hydrogen) atoms. The first-order valence-electron chi connectivity index (χ1n) is 5.67. The maximum absolute atomic E-state index is 11.2. The van der Waals surface area contributed by atoms with E-state index >= 15 is 0 Å².